The highest BCUT2D eigenvalue weighted by molar-refractivity contribution is 8.00. The molecule has 4 aromatic rings. The van der Waals surface area contributed by atoms with Crippen LogP contribution in [-0.4, -0.2) is 22.1 Å². The van der Waals surface area contributed by atoms with Crippen LogP contribution in [-0.2, 0) is 23.2 Å². The Morgan fingerprint density at radius 1 is 1.06 bits per heavy atom. The molecule has 0 aliphatic carbocycles. The Kier molecular flexibility index (Phi) is 6.11. The van der Waals surface area contributed by atoms with Crippen LogP contribution in [0.2, 0.25) is 0 Å². The number of para-hydroxylation sites is 1. The molecule has 0 bridgehead atoms. The van der Waals surface area contributed by atoms with Gasteiger partial charge in [-0.1, -0.05) is 48.2 Å². The number of halogens is 1. The number of anilines is 1. The Bertz CT molecular complexity index is 1440. The lowest BCUT2D eigenvalue weighted by Crippen LogP contribution is -2.43. The average Bonchev–Trinajstić information content (AvgIpc) is 3.03. The van der Waals surface area contributed by atoms with E-state index < -0.39 is 6.04 Å². The van der Waals surface area contributed by atoms with Crippen molar-refractivity contribution in [1.82, 2.24) is 9.88 Å². The first kappa shape index (κ1) is 23.2. The van der Waals surface area contributed by atoms with Gasteiger partial charge in [-0.25, -0.2) is 4.39 Å². The van der Waals surface area contributed by atoms with Gasteiger partial charge in [-0.3, -0.25) is 14.5 Å². The van der Waals surface area contributed by atoms with Crippen molar-refractivity contribution in [3.63, 3.8) is 0 Å². The first-order chi connectivity index (χ1) is 16.8. The summed E-state index contributed by atoms with van der Waals surface area (Å²) in [7, 11) is 1.97. The van der Waals surface area contributed by atoms with Gasteiger partial charge in [-0.2, -0.15) is 0 Å². The molecule has 0 fully saturated rings. The number of nitrogens with zero attached hydrogens (tertiary/aromatic N) is 2. The number of aromatic nitrogens is 1. The van der Waals surface area contributed by atoms with Gasteiger partial charge in [0.2, 0.25) is 11.8 Å². The molecular weight excluding hydrogens is 461 g/mol. The number of nitrogens with one attached hydrogen (secondary N) is 1. The number of carbonyl (C=O) groups is 2. The summed E-state index contributed by atoms with van der Waals surface area (Å²) in [6.07, 6.45) is 0. The largest absolute Gasteiger partial charge is 0.350 e. The van der Waals surface area contributed by atoms with E-state index in [0.29, 0.717) is 5.69 Å². The van der Waals surface area contributed by atoms with Crippen molar-refractivity contribution in [2.45, 2.75) is 31.5 Å². The van der Waals surface area contributed by atoms with Crippen LogP contribution in [0, 0.1) is 19.7 Å². The van der Waals surface area contributed by atoms with E-state index in [1.807, 2.05) is 63.4 Å². The molecule has 5 rings (SSSR count). The molecule has 0 radical (unpaired) electrons. The number of fused-ring (bicyclic) bond motifs is 3. The van der Waals surface area contributed by atoms with Gasteiger partial charge in [0.25, 0.3) is 0 Å². The highest BCUT2D eigenvalue weighted by atomic mass is 32.2. The number of hydrogen-bond donors (Lipinski definition) is 1. The van der Waals surface area contributed by atoms with Crippen LogP contribution in [0.15, 0.2) is 71.8 Å². The van der Waals surface area contributed by atoms with Gasteiger partial charge >= 0.3 is 0 Å². The van der Waals surface area contributed by atoms with Crippen LogP contribution in [0.4, 0.5) is 10.1 Å². The van der Waals surface area contributed by atoms with Gasteiger partial charge < -0.3 is 9.88 Å². The first-order valence-corrected chi connectivity index (χ1v) is 12.5. The maximum absolute atomic E-state index is 13.9. The molecule has 0 saturated heterocycles. The number of rotatable bonds is 4. The molecule has 0 saturated carbocycles. The lowest BCUT2D eigenvalue weighted by atomic mass is 10.0. The lowest BCUT2D eigenvalue weighted by molar-refractivity contribution is -0.125. The van der Waals surface area contributed by atoms with Gasteiger partial charge in [0, 0.05) is 35.7 Å². The second-order valence-electron chi connectivity index (χ2n) is 8.86. The van der Waals surface area contributed by atoms with Gasteiger partial charge in [-0.15, -0.1) is 0 Å². The molecule has 1 aliphatic rings. The fourth-order valence-electron chi connectivity index (χ4n) is 4.62. The molecule has 1 N–H and O–H groups in total. The third-order valence-corrected chi connectivity index (χ3v) is 7.78. The molecule has 1 aromatic heterocycles. The summed E-state index contributed by atoms with van der Waals surface area (Å²) in [5.41, 5.74) is 5.49. The molecule has 0 spiro atoms. The summed E-state index contributed by atoms with van der Waals surface area (Å²) in [5, 5.41) is 4.86. The highest BCUT2D eigenvalue weighted by Gasteiger charge is 2.39. The molecule has 0 unspecified atom stereocenters. The van der Waals surface area contributed by atoms with Crippen molar-refractivity contribution >= 4 is 40.2 Å². The lowest BCUT2D eigenvalue weighted by Gasteiger charge is -2.30. The number of thioether (sulfide) groups is 1. The Labute approximate surface area is 207 Å². The average molecular weight is 488 g/mol. The van der Waals surface area contributed by atoms with Crippen molar-refractivity contribution < 1.29 is 14.0 Å². The number of hydrogen-bond acceptors (Lipinski definition) is 3. The summed E-state index contributed by atoms with van der Waals surface area (Å²) in [4.78, 5) is 29.1. The van der Waals surface area contributed by atoms with E-state index in [0.717, 1.165) is 38.2 Å². The van der Waals surface area contributed by atoms with Crippen molar-refractivity contribution in [3.8, 4) is 0 Å². The summed E-state index contributed by atoms with van der Waals surface area (Å²) >= 11 is 1.46. The van der Waals surface area contributed by atoms with Crippen LogP contribution in [0.25, 0.3) is 10.9 Å². The van der Waals surface area contributed by atoms with Gasteiger partial charge in [-0.05, 0) is 60.9 Å². The number of carbonyl (C=O) groups excluding carboxylic acids is 2. The van der Waals surface area contributed by atoms with Gasteiger partial charge in [0.15, 0.2) is 0 Å². The molecule has 5 nitrogen and oxygen atoms in total. The molecule has 1 atom stereocenters. The molecule has 2 heterocycles. The predicted molar refractivity (Wildman–Crippen MR) is 138 cm³/mol. The second-order valence-corrected chi connectivity index (χ2v) is 9.83. The van der Waals surface area contributed by atoms with Crippen molar-refractivity contribution in [3.05, 3.63) is 94.8 Å². The summed E-state index contributed by atoms with van der Waals surface area (Å²) in [5.74, 6) is -0.500. The number of aryl methyl sites for hydroxylation is 3. The minimum Gasteiger partial charge on any atom is -0.350 e. The maximum atomic E-state index is 13.9. The molecule has 3 aromatic carbocycles. The Hall–Kier alpha value is -3.58. The first-order valence-electron chi connectivity index (χ1n) is 11.5. The molecule has 2 amide bonds. The fraction of sp³-hybridized carbons (Fsp3) is 0.214. The van der Waals surface area contributed by atoms with Crippen LogP contribution in [0.3, 0.4) is 0 Å². The zero-order valence-corrected chi connectivity index (χ0v) is 20.7. The minimum absolute atomic E-state index is 0.125. The smallest absolute Gasteiger partial charge is 0.248 e. The van der Waals surface area contributed by atoms with Crippen LogP contribution < -0.4 is 10.2 Å². The van der Waals surface area contributed by atoms with E-state index in [4.69, 9.17) is 0 Å². The fourth-order valence-corrected chi connectivity index (χ4v) is 5.68. The van der Waals surface area contributed by atoms with Gasteiger partial charge in [0.05, 0.1) is 10.8 Å². The molecule has 35 heavy (non-hydrogen) atoms. The zero-order chi connectivity index (χ0) is 24.7. The van der Waals surface area contributed by atoms with Crippen molar-refractivity contribution in [1.29, 1.82) is 0 Å². The quantitative estimate of drug-likeness (QED) is 0.418. The minimum atomic E-state index is -0.846. The third-order valence-electron chi connectivity index (χ3n) is 6.62. The van der Waals surface area contributed by atoms with E-state index in [-0.39, 0.29) is 29.9 Å². The summed E-state index contributed by atoms with van der Waals surface area (Å²) in [6, 6.07) is 19.0. The van der Waals surface area contributed by atoms with E-state index in [1.54, 1.807) is 17.0 Å². The van der Waals surface area contributed by atoms with Crippen LogP contribution in [0.5, 0.6) is 0 Å². The normalized spacial score (nSPS) is 15.7. The zero-order valence-electron chi connectivity index (χ0n) is 19.8. The third kappa shape index (κ3) is 4.21. The van der Waals surface area contributed by atoms with Crippen molar-refractivity contribution in [2.75, 3.05) is 10.7 Å². The van der Waals surface area contributed by atoms with E-state index >= 15 is 0 Å². The Balaban J connectivity index is 1.64. The Morgan fingerprint density at radius 2 is 1.80 bits per heavy atom. The van der Waals surface area contributed by atoms with E-state index in [9.17, 15) is 14.0 Å². The van der Waals surface area contributed by atoms with E-state index in [2.05, 4.69) is 9.88 Å². The molecule has 1 aliphatic heterocycles. The molecule has 7 heteroatoms. The van der Waals surface area contributed by atoms with Crippen molar-refractivity contribution in [2.24, 2.45) is 7.05 Å². The van der Waals surface area contributed by atoms with Gasteiger partial charge in [0.1, 0.15) is 11.9 Å². The highest BCUT2D eigenvalue weighted by Crippen LogP contribution is 2.43. The summed E-state index contributed by atoms with van der Waals surface area (Å²) in [6.45, 7) is 4.26. The molecule has 178 valence electrons. The van der Waals surface area contributed by atoms with Crippen LogP contribution in [0.1, 0.15) is 28.3 Å². The Morgan fingerprint density at radius 3 is 2.54 bits per heavy atom. The van der Waals surface area contributed by atoms with Crippen LogP contribution >= 0.6 is 11.8 Å². The number of benzene rings is 3. The SMILES string of the molecule is Cc1ccc(N2C(=O)CSc3c(c4ccccc4n3C)[C@@H]2C(=O)NCc2ccc(F)cc2)cc1C. The maximum Gasteiger partial charge on any atom is 0.248 e. The topological polar surface area (TPSA) is 54.3 Å². The summed E-state index contributed by atoms with van der Waals surface area (Å²) < 4.78 is 15.4. The monoisotopic (exact) mass is 487 g/mol. The number of amides is 2. The molecular formula is C28H26FN3O2S. The predicted octanol–water partition coefficient (Wildman–Crippen LogP) is 5.43. The van der Waals surface area contributed by atoms with E-state index in [1.165, 1.54) is 23.9 Å². The standard InChI is InChI=1S/C28H26FN3O2S/c1-17-8-13-21(14-18(17)2)32-24(33)16-35-28-25(22-6-4-5-7-23(22)31(28)3)26(32)27(34)30-15-19-9-11-20(29)12-10-19/h4-14,26H,15-16H2,1-3H3,(H,30,34)/t26-/m1/s1. The second kappa shape index (κ2) is 9.23.